The molecule has 5 nitrogen and oxygen atoms in total. The highest BCUT2D eigenvalue weighted by Gasteiger charge is 2.05. The molecule has 6 heteroatoms. The van der Waals surface area contributed by atoms with Gasteiger partial charge in [-0.2, -0.15) is 0 Å². The average Bonchev–Trinajstić information content (AvgIpc) is 3.30. The van der Waals surface area contributed by atoms with Crippen LogP contribution in [0.25, 0.3) is 10.6 Å². The number of hydrogen-bond donors (Lipinski definition) is 2. The Morgan fingerprint density at radius 1 is 1.12 bits per heavy atom. The quantitative estimate of drug-likeness (QED) is 0.536. The second kappa shape index (κ2) is 8.31. The fourth-order valence-corrected chi connectivity index (χ4v) is 3.14. The van der Waals surface area contributed by atoms with Crippen LogP contribution in [0.3, 0.4) is 0 Å². The zero-order valence-electron chi connectivity index (χ0n) is 13.6. The second-order valence-corrected chi connectivity index (χ2v) is 6.14. The molecule has 0 saturated heterocycles. The van der Waals surface area contributed by atoms with E-state index in [4.69, 9.17) is 0 Å². The summed E-state index contributed by atoms with van der Waals surface area (Å²) >= 11 is 1.66. The third kappa shape index (κ3) is 4.45. The van der Waals surface area contributed by atoms with Crippen LogP contribution < -0.4 is 10.6 Å². The van der Waals surface area contributed by atoms with Gasteiger partial charge in [0.15, 0.2) is 5.96 Å². The molecule has 0 bridgehead atoms. The summed E-state index contributed by atoms with van der Waals surface area (Å²) in [6.07, 6.45) is 4.11. The molecule has 0 aliphatic heterocycles. The van der Waals surface area contributed by atoms with Crippen molar-refractivity contribution in [2.24, 2.45) is 4.99 Å². The summed E-state index contributed by atoms with van der Waals surface area (Å²) in [6.45, 7) is 2.38. The van der Waals surface area contributed by atoms with E-state index in [0.29, 0.717) is 6.54 Å². The van der Waals surface area contributed by atoms with E-state index in [1.165, 1.54) is 0 Å². The van der Waals surface area contributed by atoms with Crippen LogP contribution in [0.1, 0.15) is 5.69 Å². The van der Waals surface area contributed by atoms with Crippen LogP contribution in [0.2, 0.25) is 0 Å². The molecule has 0 saturated carbocycles. The Hall–Kier alpha value is -2.60. The largest absolute Gasteiger partial charge is 0.355 e. The van der Waals surface area contributed by atoms with Gasteiger partial charge < -0.3 is 15.2 Å². The SMILES string of the molecule is CN=C(NCCn1cccc1)NCc1csc(-c2ccccc2)n1. The number of guanidine groups is 1. The Bertz CT molecular complexity index is 762. The third-order valence-corrected chi connectivity index (χ3v) is 4.50. The van der Waals surface area contributed by atoms with Gasteiger partial charge in [-0.1, -0.05) is 30.3 Å². The third-order valence-electron chi connectivity index (χ3n) is 3.56. The van der Waals surface area contributed by atoms with E-state index in [1.54, 1.807) is 18.4 Å². The standard InChI is InChI=1S/C18H21N5S/c1-19-18(20-9-12-23-10-5-6-11-23)21-13-16-14-24-17(22-16)15-7-3-2-4-8-15/h2-8,10-11,14H,9,12-13H2,1H3,(H2,19,20,21). The molecular formula is C18H21N5S. The number of rotatable bonds is 6. The topological polar surface area (TPSA) is 54.2 Å². The second-order valence-electron chi connectivity index (χ2n) is 5.28. The lowest BCUT2D eigenvalue weighted by atomic mass is 10.2. The lowest BCUT2D eigenvalue weighted by Crippen LogP contribution is -2.38. The maximum absolute atomic E-state index is 4.68. The van der Waals surface area contributed by atoms with Crippen LogP contribution in [0.15, 0.2) is 65.2 Å². The fourth-order valence-electron chi connectivity index (χ4n) is 2.32. The normalized spacial score (nSPS) is 11.5. The van der Waals surface area contributed by atoms with Crippen molar-refractivity contribution in [3.63, 3.8) is 0 Å². The Kier molecular flexibility index (Phi) is 5.63. The van der Waals surface area contributed by atoms with Crippen molar-refractivity contribution in [3.05, 3.63) is 65.9 Å². The Balaban J connectivity index is 1.48. The highest BCUT2D eigenvalue weighted by atomic mass is 32.1. The summed E-state index contributed by atoms with van der Waals surface area (Å²) in [5, 5.41) is 9.74. The zero-order valence-corrected chi connectivity index (χ0v) is 14.5. The molecule has 0 fully saturated rings. The van der Waals surface area contributed by atoms with Crippen molar-refractivity contribution >= 4 is 17.3 Å². The number of hydrogen-bond acceptors (Lipinski definition) is 3. The van der Waals surface area contributed by atoms with E-state index in [2.05, 4.69) is 55.1 Å². The Morgan fingerprint density at radius 2 is 1.92 bits per heavy atom. The number of nitrogens with one attached hydrogen (secondary N) is 2. The van der Waals surface area contributed by atoms with Crippen LogP contribution in [0.4, 0.5) is 0 Å². The summed E-state index contributed by atoms with van der Waals surface area (Å²) in [5.74, 6) is 0.788. The summed E-state index contributed by atoms with van der Waals surface area (Å²) in [4.78, 5) is 8.92. The molecule has 3 rings (SSSR count). The van der Waals surface area contributed by atoms with E-state index in [0.717, 1.165) is 35.3 Å². The van der Waals surface area contributed by atoms with Gasteiger partial charge in [0, 0.05) is 43.5 Å². The molecular weight excluding hydrogens is 318 g/mol. The number of nitrogens with zero attached hydrogens (tertiary/aromatic N) is 3. The van der Waals surface area contributed by atoms with Crippen molar-refractivity contribution in [3.8, 4) is 10.6 Å². The zero-order chi connectivity index (χ0) is 16.6. The molecule has 1 aromatic carbocycles. The van der Waals surface area contributed by atoms with Gasteiger partial charge in [-0.15, -0.1) is 11.3 Å². The molecule has 2 N–H and O–H groups in total. The van der Waals surface area contributed by atoms with Crippen LogP contribution in [0, 0.1) is 0 Å². The average molecular weight is 339 g/mol. The smallest absolute Gasteiger partial charge is 0.191 e. The summed E-state index contributed by atoms with van der Waals surface area (Å²) < 4.78 is 2.13. The summed E-state index contributed by atoms with van der Waals surface area (Å²) in [7, 11) is 1.78. The predicted octanol–water partition coefficient (Wildman–Crippen LogP) is 2.98. The van der Waals surface area contributed by atoms with Gasteiger partial charge in [-0.25, -0.2) is 4.98 Å². The van der Waals surface area contributed by atoms with Gasteiger partial charge in [-0.05, 0) is 12.1 Å². The number of aliphatic imine (C=N–C) groups is 1. The molecule has 2 aromatic heterocycles. The Labute approximate surface area is 146 Å². The van der Waals surface area contributed by atoms with Crippen LogP contribution in [-0.4, -0.2) is 29.1 Å². The van der Waals surface area contributed by atoms with Gasteiger partial charge in [0.05, 0.1) is 12.2 Å². The number of benzene rings is 1. The van der Waals surface area contributed by atoms with Gasteiger partial charge in [0.25, 0.3) is 0 Å². The molecule has 3 aromatic rings. The molecule has 0 atom stereocenters. The van der Waals surface area contributed by atoms with E-state index in [1.807, 2.05) is 30.3 Å². The fraction of sp³-hybridized carbons (Fsp3) is 0.222. The van der Waals surface area contributed by atoms with Gasteiger partial charge in [0.2, 0.25) is 0 Å². The molecule has 0 unspecified atom stereocenters. The van der Waals surface area contributed by atoms with Crippen molar-refractivity contribution in [1.29, 1.82) is 0 Å². The van der Waals surface area contributed by atoms with Crippen molar-refractivity contribution < 1.29 is 0 Å². The maximum Gasteiger partial charge on any atom is 0.191 e. The minimum absolute atomic E-state index is 0.659. The molecule has 24 heavy (non-hydrogen) atoms. The maximum atomic E-state index is 4.68. The summed E-state index contributed by atoms with van der Waals surface area (Å²) in [6, 6.07) is 14.3. The lowest BCUT2D eigenvalue weighted by molar-refractivity contribution is 0.664. The molecule has 0 radical (unpaired) electrons. The predicted molar refractivity (Wildman–Crippen MR) is 100 cm³/mol. The van der Waals surface area contributed by atoms with Crippen LogP contribution in [-0.2, 0) is 13.1 Å². The lowest BCUT2D eigenvalue weighted by Gasteiger charge is -2.11. The molecule has 124 valence electrons. The van der Waals surface area contributed by atoms with Gasteiger partial charge in [-0.3, -0.25) is 4.99 Å². The molecule has 0 amide bonds. The molecule has 0 spiro atoms. The number of thiazole rings is 1. The first-order chi connectivity index (χ1) is 11.8. The highest BCUT2D eigenvalue weighted by Crippen LogP contribution is 2.23. The highest BCUT2D eigenvalue weighted by molar-refractivity contribution is 7.13. The van der Waals surface area contributed by atoms with Crippen molar-refractivity contribution in [2.75, 3.05) is 13.6 Å². The van der Waals surface area contributed by atoms with Crippen molar-refractivity contribution in [1.82, 2.24) is 20.2 Å². The van der Waals surface area contributed by atoms with E-state index >= 15 is 0 Å². The van der Waals surface area contributed by atoms with Gasteiger partial charge >= 0.3 is 0 Å². The summed E-state index contributed by atoms with van der Waals surface area (Å²) in [5.41, 5.74) is 2.18. The minimum atomic E-state index is 0.659. The van der Waals surface area contributed by atoms with Crippen LogP contribution in [0.5, 0.6) is 0 Å². The Morgan fingerprint density at radius 3 is 2.67 bits per heavy atom. The molecule has 0 aliphatic rings. The minimum Gasteiger partial charge on any atom is -0.355 e. The van der Waals surface area contributed by atoms with Crippen molar-refractivity contribution in [2.45, 2.75) is 13.1 Å². The molecule has 0 aliphatic carbocycles. The van der Waals surface area contributed by atoms with Crippen LogP contribution >= 0.6 is 11.3 Å². The first-order valence-corrected chi connectivity index (χ1v) is 8.78. The van der Waals surface area contributed by atoms with E-state index < -0.39 is 0 Å². The van der Waals surface area contributed by atoms with E-state index in [9.17, 15) is 0 Å². The first-order valence-electron chi connectivity index (χ1n) is 7.90. The van der Waals surface area contributed by atoms with E-state index in [-0.39, 0.29) is 0 Å². The van der Waals surface area contributed by atoms with Gasteiger partial charge in [0.1, 0.15) is 5.01 Å². The molecule has 2 heterocycles. The monoisotopic (exact) mass is 339 g/mol. The number of aromatic nitrogens is 2. The first kappa shape index (κ1) is 16.3.